The van der Waals surface area contributed by atoms with Crippen molar-refractivity contribution in [3.63, 3.8) is 0 Å². The van der Waals surface area contributed by atoms with Crippen LogP contribution >= 0.6 is 11.6 Å². The van der Waals surface area contributed by atoms with Gasteiger partial charge in [0.2, 0.25) is 5.88 Å². The summed E-state index contributed by atoms with van der Waals surface area (Å²) >= 11 is 5.96. The molecule has 3 nitrogen and oxygen atoms in total. The Balaban J connectivity index is 2.29. The Kier molecular flexibility index (Phi) is 3.83. The normalized spacial score (nSPS) is 17.4. The van der Waals surface area contributed by atoms with Crippen molar-refractivity contribution in [2.45, 2.75) is 26.1 Å². The van der Waals surface area contributed by atoms with Crippen LogP contribution in [0.3, 0.4) is 0 Å². The predicted octanol–water partition coefficient (Wildman–Crippen LogP) is 4.01. The lowest BCUT2D eigenvalue weighted by Crippen LogP contribution is -2.16. The van der Waals surface area contributed by atoms with Gasteiger partial charge < -0.3 is 9.47 Å². The number of benzene rings is 1. The zero-order chi connectivity index (χ0) is 15.0. The highest BCUT2D eigenvalue weighted by Crippen LogP contribution is 2.37. The van der Waals surface area contributed by atoms with E-state index in [1.54, 1.807) is 18.3 Å². The molecule has 21 heavy (non-hydrogen) atoms. The van der Waals surface area contributed by atoms with Crippen LogP contribution in [0, 0.1) is 5.82 Å². The maximum absolute atomic E-state index is 14.6. The fraction of sp³-hybridized carbons (Fsp3) is 0.312. The van der Waals surface area contributed by atoms with Crippen LogP contribution in [0.25, 0.3) is 11.1 Å². The van der Waals surface area contributed by atoms with Gasteiger partial charge in [0.15, 0.2) is 0 Å². The molecule has 0 bridgehead atoms. The quantitative estimate of drug-likeness (QED) is 0.797. The molecule has 3 rings (SSSR count). The SMILES string of the molecule is COc1cc2c(cn1)COC(C)Cc1ccc(Cl)c(F)c1-2. The molecule has 2 aromatic rings. The second-order valence-electron chi connectivity index (χ2n) is 5.11. The van der Waals surface area contributed by atoms with E-state index < -0.39 is 5.82 Å². The molecule has 0 amide bonds. The molecular formula is C16H15ClFNO2. The van der Waals surface area contributed by atoms with E-state index in [2.05, 4.69) is 4.98 Å². The van der Waals surface area contributed by atoms with Crippen molar-refractivity contribution in [1.82, 2.24) is 4.98 Å². The Labute approximate surface area is 127 Å². The number of fused-ring (bicyclic) bond motifs is 3. The predicted molar refractivity (Wildman–Crippen MR) is 79.1 cm³/mol. The summed E-state index contributed by atoms with van der Waals surface area (Å²) in [6.07, 6.45) is 2.30. The molecule has 0 saturated carbocycles. The van der Waals surface area contributed by atoms with Crippen LogP contribution in [0.5, 0.6) is 5.88 Å². The Morgan fingerprint density at radius 3 is 2.95 bits per heavy atom. The second-order valence-corrected chi connectivity index (χ2v) is 5.51. The average molecular weight is 308 g/mol. The van der Waals surface area contributed by atoms with Crippen molar-refractivity contribution in [3.05, 3.63) is 46.4 Å². The highest BCUT2D eigenvalue weighted by molar-refractivity contribution is 6.31. The van der Waals surface area contributed by atoms with Gasteiger partial charge in [0.25, 0.3) is 0 Å². The Hall–Kier alpha value is -1.65. The number of hydrogen-bond acceptors (Lipinski definition) is 3. The second kappa shape index (κ2) is 5.62. The first kappa shape index (κ1) is 14.3. The van der Waals surface area contributed by atoms with Crippen LogP contribution in [0.4, 0.5) is 4.39 Å². The van der Waals surface area contributed by atoms with Crippen molar-refractivity contribution in [2.24, 2.45) is 0 Å². The number of pyridine rings is 1. The van der Waals surface area contributed by atoms with E-state index in [-0.39, 0.29) is 11.1 Å². The summed E-state index contributed by atoms with van der Waals surface area (Å²) in [6.45, 7) is 2.36. The lowest BCUT2D eigenvalue weighted by atomic mass is 9.92. The summed E-state index contributed by atoms with van der Waals surface area (Å²) in [6, 6.07) is 5.16. The molecule has 0 aliphatic carbocycles. The molecule has 1 aliphatic heterocycles. The minimum Gasteiger partial charge on any atom is -0.481 e. The molecule has 0 saturated heterocycles. The Morgan fingerprint density at radius 2 is 2.19 bits per heavy atom. The van der Waals surface area contributed by atoms with Crippen molar-refractivity contribution < 1.29 is 13.9 Å². The Bertz CT molecular complexity index is 690. The number of methoxy groups -OCH3 is 1. The third-order valence-corrected chi connectivity index (χ3v) is 3.94. The third kappa shape index (κ3) is 2.61. The van der Waals surface area contributed by atoms with Crippen LogP contribution in [-0.4, -0.2) is 18.2 Å². The summed E-state index contributed by atoms with van der Waals surface area (Å²) in [5, 5.41) is 0.115. The fourth-order valence-electron chi connectivity index (χ4n) is 2.58. The van der Waals surface area contributed by atoms with Gasteiger partial charge in [-0.05, 0) is 30.5 Å². The first-order valence-corrected chi connectivity index (χ1v) is 7.09. The van der Waals surface area contributed by atoms with Gasteiger partial charge in [-0.3, -0.25) is 0 Å². The minimum atomic E-state index is -0.405. The van der Waals surface area contributed by atoms with Crippen molar-refractivity contribution in [3.8, 4) is 17.0 Å². The summed E-state index contributed by atoms with van der Waals surface area (Å²) in [5.74, 6) is 0.0328. The van der Waals surface area contributed by atoms with Gasteiger partial charge in [0.05, 0.1) is 24.8 Å². The summed E-state index contributed by atoms with van der Waals surface area (Å²) in [4.78, 5) is 4.18. The summed E-state index contributed by atoms with van der Waals surface area (Å²) in [7, 11) is 1.53. The minimum absolute atomic E-state index is 0.000391. The largest absolute Gasteiger partial charge is 0.481 e. The van der Waals surface area contributed by atoms with Gasteiger partial charge >= 0.3 is 0 Å². The van der Waals surface area contributed by atoms with Crippen molar-refractivity contribution in [1.29, 1.82) is 0 Å². The van der Waals surface area contributed by atoms with Crippen molar-refractivity contribution in [2.75, 3.05) is 7.11 Å². The molecule has 1 aliphatic rings. The lowest BCUT2D eigenvalue weighted by molar-refractivity contribution is 0.0527. The van der Waals surface area contributed by atoms with E-state index >= 15 is 0 Å². The number of halogens is 2. The van der Waals surface area contributed by atoms with E-state index in [0.717, 1.165) is 16.7 Å². The van der Waals surface area contributed by atoms with Gasteiger partial charge in [0, 0.05) is 23.4 Å². The number of ether oxygens (including phenoxy) is 2. The molecule has 1 unspecified atom stereocenters. The van der Waals surface area contributed by atoms with Crippen LogP contribution in [0.1, 0.15) is 18.1 Å². The first-order valence-electron chi connectivity index (χ1n) is 6.72. The lowest BCUT2D eigenvalue weighted by Gasteiger charge is -2.23. The zero-order valence-corrected chi connectivity index (χ0v) is 12.6. The molecule has 0 fully saturated rings. The third-order valence-electron chi connectivity index (χ3n) is 3.65. The van der Waals surface area contributed by atoms with E-state index in [1.165, 1.54) is 7.11 Å². The number of hydrogen-bond donors (Lipinski definition) is 0. The van der Waals surface area contributed by atoms with Gasteiger partial charge in [0.1, 0.15) is 5.82 Å². The van der Waals surface area contributed by atoms with E-state index in [0.29, 0.717) is 24.5 Å². The van der Waals surface area contributed by atoms with Crippen LogP contribution in [0.15, 0.2) is 24.4 Å². The fourth-order valence-corrected chi connectivity index (χ4v) is 2.73. The standard InChI is InChI=1S/C16H15ClFNO2/c1-9-5-10-3-4-13(17)16(18)15(10)12-6-14(20-2)19-7-11(12)8-21-9/h3-4,6-7,9H,5,8H2,1-2H3. The van der Waals surface area contributed by atoms with Crippen LogP contribution in [0.2, 0.25) is 5.02 Å². The molecule has 5 heteroatoms. The van der Waals surface area contributed by atoms with Gasteiger partial charge in [-0.15, -0.1) is 0 Å². The summed E-state index contributed by atoms with van der Waals surface area (Å²) in [5.41, 5.74) is 2.94. The van der Waals surface area contributed by atoms with E-state index in [4.69, 9.17) is 21.1 Å². The molecule has 0 N–H and O–H groups in total. The van der Waals surface area contributed by atoms with Crippen molar-refractivity contribution >= 4 is 11.6 Å². The van der Waals surface area contributed by atoms with Gasteiger partial charge in [-0.2, -0.15) is 0 Å². The first-order chi connectivity index (χ1) is 10.1. The van der Waals surface area contributed by atoms with E-state index in [9.17, 15) is 4.39 Å². The maximum atomic E-state index is 14.6. The van der Waals surface area contributed by atoms with Gasteiger partial charge in [-0.25, -0.2) is 9.37 Å². The summed E-state index contributed by atoms with van der Waals surface area (Å²) < 4.78 is 25.5. The maximum Gasteiger partial charge on any atom is 0.213 e. The molecule has 1 aromatic carbocycles. The topological polar surface area (TPSA) is 31.4 Å². The Morgan fingerprint density at radius 1 is 1.38 bits per heavy atom. The highest BCUT2D eigenvalue weighted by atomic mass is 35.5. The number of rotatable bonds is 1. The molecular weight excluding hydrogens is 293 g/mol. The average Bonchev–Trinajstić information content (AvgIpc) is 2.47. The molecule has 1 atom stereocenters. The number of nitrogens with zero attached hydrogens (tertiary/aromatic N) is 1. The molecule has 2 heterocycles. The zero-order valence-electron chi connectivity index (χ0n) is 11.8. The number of aromatic nitrogens is 1. The van der Waals surface area contributed by atoms with Crippen LogP contribution < -0.4 is 4.74 Å². The molecule has 1 aromatic heterocycles. The molecule has 110 valence electrons. The molecule has 0 radical (unpaired) electrons. The monoisotopic (exact) mass is 307 g/mol. The molecule has 0 spiro atoms. The van der Waals surface area contributed by atoms with Gasteiger partial charge in [-0.1, -0.05) is 17.7 Å². The van der Waals surface area contributed by atoms with E-state index in [1.807, 2.05) is 13.0 Å². The van der Waals surface area contributed by atoms with Crippen LogP contribution in [-0.2, 0) is 17.8 Å². The highest BCUT2D eigenvalue weighted by Gasteiger charge is 2.22. The smallest absolute Gasteiger partial charge is 0.213 e.